The van der Waals surface area contributed by atoms with Crippen LogP contribution in [0.25, 0.3) is 0 Å². The molecule has 0 spiro atoms. The highest BCUT2D eigenvalue weighted by atomic mass is 19.3. The van der Waals surface area contributed by atoms with E-state index in [1.807, 2.05) is 19.9 Å². The first-order valence-electron chi connectivity index (χ1n) is 8.85. The molecule has 0 N–H and O–H groups in total. The minimum absolute atomic E-state index is 0.0632. The standard InChI is InChI=1S/C19H26F2N2O2/c1-18(2)11-13(10-15(12-22)16(18)24)6-9-23(3)17(25)14-4-7-19(20,21)8-5-14/h10,13-14H,4-9,11H2,1-3H3/t13-/m1/s1. The molecule has 138 valence electrons. The van der Waals surface area contributed by atoms with Crippen LogP contribution in [0.3, 0.4) is 0 Å². The van der Waals surface area contributed by atoms with Crippen molar-refractivity contribution in [2.24, 2.45) is 17.3 Å². The molecule has 6 heteroatoms. The third-order valence-corrected chi connectivity index (χ3v) is 5.43. The summed E-state index contributed by atoms with van der Waals surface area (Å²) in [7, 11) is 1.70. The maximum atomic E-state index is 13.2. The SMILES string of the molecule is CN(CC[C@@H]1C=C(C#N)C(=O)C(C)(C)C1)C(=O)C1CCC(F)(F)CC1. The molecule has 1 amide bonds. The summed E-state index contributed by atoms with van der Waals surface area (Å²) in [6.07, 6.45) is 3.06. The van der Waals surface area contributed by atoms with Gasteiger partial charge in [-0.25, -0.2) is 8.78 Å². The normalized spacial score (nSPS) is 25.8. The third-order valence-electron chi connectivity index (χ3n) is 5.43. The molecule has 4 nitrogen and oxygen atoms in total. The number of rotatable bonds is 4. The molecule has 0 bridgehead atoms. The predicted molar refractivity (Wildman–Crippen MR) is 89.8 cm³/mol. The molecule has 2 aliphatic carbocycles. The molecular weight excluding hydrogens is 326 g/mol. The van der Waals surface area contributed by atoms with Gasteiger partial charge in [0.05, 0.1) is 5.57 Å². The molecule has 1 atom stereocenters. The van der Waals surface area contributed by atoms with Crippen molar-refractivity contribution in [2.75, 3.05) is 13.6 Å². The third kappa shape index (κ3) is 4.65. The Bertz CT molecular complexity index is 609. The van der Waals surface area contributed by atoms with Crippen LogP contribution in [-0.2, 0) is 9.59 Å². The van der Waals surface area contributed by atoms with E-state index in [2.05, 4.69) is 0 Å². The summed E-state index contributed by atoms with van der Waals surface area (Å²) in [5, 5.41) is 9.12. The van der Waals surface area contributed by atoms with Gasteiger partial charge in [-0.2, -0.15) is 5.26 Å². The fourth-order valence-corrected chi connectivity index (χ4v) is 3.82. The lowest BCUT2D eigenvalue weighted by Crippen LogP contribution is -2.39. The lowest BCUT2D eigenvalue weighted by atomic mass is 9.71. The van der Waals surface area contributed by atoms with E-state index in [1.54, 1.807) is 18.0 Å². The van der Waals surface area contributed by atoms with Crippen LogP contribution in [0.2, 0.25) is 0 Å². The van der Waals surface area contributed by atoms with Crippen molar-refractivity contribution in [3.63, 3.8) is 0 Å². The summed E-state index contributed by atoms with van der Waals surface area (Å²) in [5.74, 6) is -3.09. The van der Waals surface area contributed by atoms with Crippen molar-refractivity contribution in [1.29, 1.82) is 5.26 Å². The summed E-state index contributed by atoms with van der Waals surface area (Å²) in [6.45, 7) is 4.17. The Balaban J connectivity index is 1.90. The number of hydrogen-bond donors (Lipinski definition) is 0. The van der Waals surface area contributed by atoms with Gasteiger partial charge in [0, 0.05) is 37.8 Å². The van der Waals surface area contributed by atoms with Crippen LogP contribution in [0.15, 0.2) is 11.6 Å². The number of allylic oxidation sites excluding steroid dienone is 2. The number of carbonyl (C=O) groups is 2. The number of halogens is 2. The first-order valence-corrected chi connectivity index (χ1v) is 8.85. The molecule has 2 rings (SSSR count). The average Bonchev–Trinajstić information content (AvgIpc) is 2.54. The number of nitrogens with zero attached hydrogens (tertiary/aromatic N) is 2. The molecular formula is C19H26F2N2O2. The van der Waals surface area contributed by atoms with Gasteiger partial charge in [-0.15, -0.1) is 0 Å². The summed E-state index contributed by atoms with van der Waals surface area (Å²) >= 11 is 0. The van der Waals surface area contributed by atoms with E-state index in [9.17, 15) is 18.4 Å². The zero-order valence-electron chi connectivity index (χ0n) is 15.1. The first kappa shape index (κ1) is 19.6. The highest BCUT2D eigenvalue weighted by Crippen LogP contribution is 2.38. The Hall–Kier alpha value is -1.77. The number of carbonyl (C=O) groups excluding carboxylic acids is 2. The molecule has 0 saturated heterocycles. The minimum Gasteiger partial charge on any atom is -0.346 e. The van der Waals surface area contributed by atoms with Crippen LogP contribution in [0.1, 0.15) is 52.4 Å². The number of amides is 1. The predicted octanol–water partition coefficient (Wildman–Crippen LogP) is 3.73. The molecule has 0 aromatic rings. The fraction of sp³-hybridized carbons (Fsp3) is 0.737. The number of hydrogen-bond acceptors (Lipinski definition) is 3. The van der Waals surface area contributed by atoms with E-state index in [0.29, 0.717) is 19.4 Å². The number of Topliss-reactive ketones (excluding diaryl/α,β-unsaturated/α-hetero) is 1. The highest BCUT2D eigenvalue weighted by Gasteiger charge is 2.39. The van der Waals surface area contributed by atoms with E-state index in [0.717, 1.165) is 0 Å². The Morgan fingerprint density at radius 2 is 1.96 bits per heavy atom. The molecule has 0 radical (unpaired) electrons. The monoisotopic (exact) mass is 352 g/mol. The maximum Gasteiger partial charge on any atom is 0.248 e. The summed E-state index contributed by atoms with van der Waals surface area (Å²) in [4.78, 5) is 26.2. The van der Waals surface area contributed by atoms with Crippen molar-refractivity contribution in [2.45, 2.75) is 58.3 Å². The zero-order chi connectivity index (χ0) is 18.8. The maximum absolute atomic E-state index is 13.2. The molecule has 0 unspecified atom stereocenters. The second-order valence-corrected chi connectivity index (χ2v) is 8.05. The van der Waals surface area contributed by atoms with Gasteiger partial charge >= 0.3 is 0 Å². The number of alkyl halides is 2. The van der Waals surface area contributed by atoms with Crippen molar-refractivity contribution in [3.8, 4) is 6.07 Å². The van der Waals surface area contributed by atoms with Gasteiger partial charge in [0.25, 0.3) is 0 Å². The van der Waals surface area contributed by atoms with Gasteiger partial charge in [-0.3, -0.25) is 9.59 Å². The molecule has 1 saturated carbocycles. The Morgan fingerprint density at radius 3 is 2.52 bits per heavy atom. The van der Waals surface area contributed by atoms with Crippen LogP contribution in [-0.4, -0.2) is 36.1 Å². The zero-order valence-corrected chi connectivity index (χ0v) is 15.1. The van der Waals surface area contributed by atoms with Crippen molar-refractivity contribution >= 4 is 11.7 Å². The van der Waals surface area contributed by atoms with Crippen molar-refractivity contribution in [1.82, 2.24) is 4.90 Å². The van der Waals surface area contributed by atoms with Crippen LogP contribution in [0, 0.1) is 28.6 Å². The molecule has 25 heavy (non-hydrogen) atoms. The molecule has 0 aromatic carbocycles. The summed E-state index contributed by atoms with van der Waals surface area (Å²) in [6, 6.07) is 1.97. The lowest BCUT2D eigenvalue weighted by Gasteiger charge is -2.33. The Labute approximate surface area is 147 Å². The highest BCUT2D eigenvalue weighted by molar-refractivity contribution is 6.03. The van der Waals surface area contributed by atoms with Gasteiger partial charge < -0.3 is 4.90 Å². The van der Waals surface area contributed by atoms with Crippen LogP contribution in [0.5, 0.6) is 0 Å². The topological polar surface area (TPSA) is 61.2 Å². The van der Waals surface area contributed by atoms with Crippen molar-refractivity contribution in [3.05, 3.63) is 11.6 Å². The van der Waals surface area contributed by atoms with E-state index >= 15 is 0 Å². The second kappa shape index (κ2) is 7.23. The largest absolute Gasteiger partial charge is 0.346 e. The van der Waals surface area contributed by atoms with E-state index in [4.69, 9.17) is 5.26 Å². The van der Waals surface area contributed by atoms with Gasteiger partial charge in [-0.05, 0) is 31.6 Å². The van der Waals surface area contributed by atoms with Gasteiger partial charge in [0.2, 0.25) is 11.8 Å². The molecule has 0 aromatic heterocycles. The van der Waals surface area contributed by atoms with Crippen LogP contribution in [0.4, 0.5) is 8.78 Å². The molecule has 2 aliphatic rings. The lowest BCUT2D eigenvalue weighted by molar-refractivity contribution is -0.138. The smallest absolute Gasteiger partial charge is 0.248 e. The Morgan fingerprint density at radius 1 is 1.36 bits per heavy atom. The van der Waals surface area contributed by atoms with Gasteiger partial charge in [-0.1, -0.05) is 19.9 Å². The molecule has 0 aliphatic heterocycles. The van der Waals surface area contributed by atoms with Gasteiger partial charge in [0.15, 0.2) is 5.78 Å². The van der Waals surface area contributed by atoms with E-state index < -0.39 is 11.3 Å². The molecule has 0 heterocycles. The van der Waals surface area contributed by atoms with Crippen LogP contribution < -0.4 is 0 Å². The first-order chi connectivity index (χ1) is 11.6. The summed E-state index contributed by atoms with van der Waals surface area (Å²) < 4.78 is 26.4. The average molecular weight is 352 g/mol. The number of ketones is 1. The molecule has 1 fully saturated rings. The fourth-order valence-electron chi connectivity index (χ4n) is 3.82. The van der Waals surface area contributed by atoms with Gasteiger partial charge in [0.1, 0.15) is 6.07 Å². The van der Waals surface area contributed by atoms with E-state index in [1.165, 1.54) is 0 Å². The van der Waals surface area contributed by atoms with Crippen molar-refractivity contribution < 1.29 is 18.4 Å². The summed E-state index contributed by atoms with van der Waals surface area (Å²) in [5.41, 5.74) is -0.369. The number of nitriles is 1. The van der Waals surface area contributed by atoms with E-state index in [-0.39, 0.29) is 54.8 Å². The second-order valence-electron chi connectivity index (χ2n) is 8.05. The van der Waals surface area contributed by atoms with Crippen LogP contribution >= 0.6 is 0 Å². The minimum atomic E-state index is -2.63. The Kier molecular flexibility index (Phi) is 5.65. The quantitative estimate of drug-likeness (QED) is 0.774.